The number of hydrogen-bond acceptors (Lipinski definition) is 7. The van der Waals surface area contributed by atoms with Crippen LogP contribution in [0.25, 0.3) is 0 Å². The number of aryl methyl sites for hydroxylation is 1. The maximum atomic E-state index is 10.7. The van der Waals surface area contributed by atoms with Crippen LogP contribution in [0, 0.1) is 17.0 Å². The second kappa shape index (κ2) is 13.8. The highest BCUT2D eigenvalue weighted by atomic mass is 79.9. The topological polar surface area (TPSA) is 145 Å². The SMILES string of the molecule is Cc1cc([N+](=O)[O-])ccc1N(CCBr)CCBr.NS(=O)(=O)OCCNC=O. The predicted octanol–water partition coefficient (Wildman–Crippen LogP) is 1.45. The molecule has 0 radical (unpaired) electrons. The number of anilines is 1. The summed E-state index contributed by atoms with van der Waals surface area (Å²) in [5.41, 5.74) is 2.12. The number of benzene rings is 1. The van der Waals surface area contributed by atoms with Gasteiger partial charge in [-0.3, -0.25) is 19.1 Å². The average molecular weight is 534 g/mol. The molecular weight excluding hydrogens is 512 g/mol. The quantitative estimate of drug-likeness (QED) is 0.144. The van der Waals surface area contributed by atoms with E-state index >= 15 is 0 Å². The average Bonchev–Trinajstić information content (AvgIpc) is 2.58. The lowest BCUT2D eigenvalue weighted by Gasteiger charge is -2.24. The first-order valence-corrected chi connectivity index (χ1v) is 11.3. The van der Waals surface area contributed by atoms with Crippen molar-refractivity contribution in [2.24, 2.45) is 5.14 Å². The Bertz CT molecular complexity index is 699. The lowest BCUT2D eigenvalue weighted by molar-refractivity contribution is -0.384. The van der Waals surface area contributed by atoms with Gasteiger partial charge in [-0.05, 0) is 18.6 Å². The van der Waals surface area contributed by atoms with E-state index in [9.17, 15) is 23.3 Å². The van der Waals surface area contributed by atoms with Gasteiger partial charge in [-0.15, -0.1) is 0 Å². The summed E-state index contributed by atoms with van der Waals surface area (Å²) >= 11 is 6.83. The predicted molar refractivity (Wildman–Crippen MR) is 111 cm³/mol. The zero-order chi connectivity index (χ0) is 20.9. The number of amides is 1. The number of carbonyl (C=O) groups is 1. The summed E-state index contributed by atoms with van der Waals surface area (Å²) in [6, 6.07) is 4.99. The molecule has 27 heavy (non-hydrogen) atoms. The standard InChI is InChI=1S/C11H14Br2N2O2.C3H8N2O4S/c1-9-8-10(15(16)17)2-3-11(9)14(6-4-12)7-5-13;4-10(7,8)9-2-1-5-3-6/h2-3,8H,4-7H2,1H3;3H,1-2H2,(H,5,6)(H2,4,7,8). The van der Waals surface area contributed by atoms with Crippen molar-refractivity contribution in [1.29, 1.82) is 0 Å². The van der Waals surface area contributed by atoms with E-state index < -0.39 is 10.3 Å². The molecule has 0 fully saturated rings. The number of non-ortho nitro benzene ring substituents is 1. The minimum atomic E-state index is -3.86. The van der Waals surface area contributed by atoms with E-state index in [0.717, 1.165) is 35.0 Å². The second-order valence-electron chi connectivity index (χ2n) is 4.98. The first-order chi connectivity index (χ1) is 12.7. The molecule has 0 aliphatic heterocycles. The van der Waals surface area contributed by atoms with E-state index in [0.29, 0.717) is 6.41 Å². The molecule has 0 atom stereocenters. The molecule has 1 rings (SSSR count). The molecule has 154 valence electrons. The Morgan fingerprint density at radius 2 is 1.93 bits per heavy atom. The number of carbonyl (C=O) groups excluding carboxylic acids is 1. The zero-order valence-corrected chi connectivity index (χ0v) is 18.6. The summed E-state index contributed by atoms with van der Waals surface area (Å²) in [6.45, 7) is 3.64. The van der Waals surface area contributed by atoms with E-state index in [4.69, 9.17) is 0 Å². The summed E-state index contributed by atoms with van der Waals surface area (Å²) in [5.74, 6) is 0. The van der Waals surface area contributed by atoms with Crippen molar-refractivity contribution < 1.29 is 22.3 Å². The molecule has 0 saturated carbocycles. The third kappa shape index (κ3) is 11.9. The minimum Gasteiger partial charge on any atom is -0.370 e. The van der Waals surface area contributed by atoms with Gasteiger partial charge < -0.3 is 10.2 Å². The lowest BCUT2D eigenvalue weighted by Crippen LogP contribution is -2.28. The summed E-state index contributed by atoms with van der Waals surface area (Å²) in [5, 5.41) is 19.1. The molecule has 1 aromatic rings. The molecule has 1 aromatic carbocycles. The van der Waals surface area contributed by atoms with Gasteiger partial charge in [-0.25, -0.2) is 5.14 Å². The van der Waals surface area contributed by atoms with Gasteiger partial charge in [0.15, 0.2) is 0 Å². The van der Waals surface area contributed by atoms with Gasteiger partial charge in [0, 0.05) is 48.1 Å². The van der Waals surface area contributed by atoms with Gasteiger partial charge in [0.2, 0.25) is 6.41 Å². The monoisotopic (exact) mass is 532 g/mol. The lowest BCUT2D eigenvalue weighted by atomic mass is 10.1. The first kappa shape index (κ1) is 25.7. The molecule has 0 aliphatic rings. The van der Waals surface area contributed by atoms with Crippen LogP contribution in [0.2, 0.25) is 0 Å². The fraction of sp³-hybridized carbons (Fsp3) is 0.500. The van der Waals surface area contributed by atoms with Gasteiger partial charge in [-0.2, -0.15) is 8.42 Å². The van der Waals surface area contributed by atoms with Gasteiger partial charge in [-0.1, -0.05) is 31.9 Å². The summed E-state index contributed by atoms with van der Waals surface area (Å²) in [6.07, 6.45) is 0.437. The van der Waals surface area contributed by atoms with Crippen molar-refractivity contribution in [2.75, 3.05) is 41.8 Å². The molecule has 0 saturated heterocycles. The van der Waals surface area contributed by atoms with Crippen LogP contribution in [0.5, 0.6) is 0 Å². The van der Waals surface area contributed by atoms with Crippen molar-refractivity contribution in [3.63, 3.8) is 0 Å². The van der Waals surface area contributed by atoms with Crippen LogP contribution in [0.4, 0.5) is 11.4 Å². The molecule has 0 spiro atoms. The molecule has 0 unspecified atom stereocenters. The molecule has 0 aliphatic carbocycles. The maximum absolute atomic E-state index is 10.7. The summed E-state index contributed by atoms with van der Waals surface area (Å²) < 4.78 is 24.1. The van der Waals surface area contributed by atoms with E-state index in [2.05, 4.69) is 51.4 Å². The Morgan fingerprint density at radius 1 is 1.33 bits per heavy atom. The number of nitro groups is 1. The van der Waals surface area contributed by atoms with Gasteiger partial charge in [0.1, 0.15) is 0 Å². The van der Waals surface area contributed by atoms with Crippen LogP contribution >= 0.6 is 31.9 Å². The zero-order valence-electron chi connectivity index (χ0n) is 14.6. The van der Waals surface area contributed by atoms with Crippen LogP contribution in [0.3, 0.4) is 0 Å². The molecule has 10 nitrogen and oxygen atoms in total. The molecular formula is C14H22Br2N4O6S. The first-order valence-electron chi connectivity index (χ1n) is 7.62. The van der Waals surface area contributed by atoms with Crippen molar-refractivity contribution in [1.82, 2.24) is 5.32 Å². The van der Waals surface area contributed by atoms with Crippen molar-refractivity contribution in [3.8, 4) is 0 Å². The number of alkyl halides is 2. The number of rotatable bonds is 11. The number of hydrogen-bond donors (Lipinski definition) is 2. The smallest absolute Gasteiger partial charge is 0.333 e. The Morgan fingerprint density at radius 3 is 2.33 bits per heavy atom. The summed E-state index contributed by atoms with van der Waals surface area (Å²) in [4.78, 5) is 22.1. The molecule has 0 aromatic heterocycles. The normalized spacial score (nSPS) is 10.5. The van der Waals surface area contributed by atoms with Crippen LogP contribution in [-0.2, 0) is 19.3 Å². The molecule has 1 amide bonds. The maximum Gasteiger partial charge on any atom is 0.333 e. The number of nitrogens with zero attached hydrogens (tertiary/aromatic N) is 2. The van der Waals surface area contributed by atoms with Crippen LogP contribution in [-0.4, -0.2) is 56.7 Å². The highest BCUT2D eigenvalue weighted by Gasteiger charge is 2.12. The molecule has 13 heteroatoms. The van der Waals surface area contributed by atoms with Gasteiger partial charge in [0.05, 0.1) is 11.5 Å². The number of halogens is 2. The largest absolute Gasteiger partial charge is 0.370 e. The Labute approximate surface area is 175 Å². The second-order valence-corrected chi connectivity index (χ2v) is 7.79. The van der Waals surface area contributed by atoms with Crippen molar-refractivity contribution in [3.05, 3.63) is 33.9 Å². The van der Waals surface area contributed by atoms with E-state index in [1.54, 1.807) is 12.1 Å². The fourth-order valence-corrected chi connectivity index (χ4v) is 3.11. The fourth-order valence-electron chi connectivity index (χ4n) is 1.94. The van der Waals surface area contributed by atoms with Crippen LogP contribution < -0.4 is 15.4 Å². The Kier molecular flexibility index (Phi) is 13.2. The minimum absolute atomic E-state index is 0.125. The molecule has 0 bridgehead atoms. The van der Waals surface area contributed by atoms with E-state index in [1.165, 1.54) is 0 Å². The Balaban J connectivity index is 0.000000580. The van der Waals surface area contributed by atoms with Gasteiger partial charge >= 0.3 is 10.3 Å². The number of nitrogens with one attached hydrogen (secondary N) is 1. The van der Waals surface area contributed by atoms with Crippen LogP contribution in [0.15, 0.2) is 18.2 Å². The number of nitro benzene ring substituents is 1. The highest BCUT2D eigenvalue weighted by molar-refractivity contribution is 9.09. The highest BCUT2D eigenvalue weighted by Crippen LogP contribution is 2.24. The number of nitrogens with two attached hydrogens (primary N) is 1. The van der Waals surface area contributed by atoms with Crippen LogP contribution in [0.1, 0.15) is 5.56 Å². The van der Waals surface area contributed by atoms with Gasteiger partial charge in [0.25, 0.3) is 5.69 Å². The van der Waals surface area contributed by atoms with E-state index in [-0.39, 0.29) is 23.8 Å². The third-order valence-corrected chi connectivity index (χ3v) is 4.22. The molecule has 0 heterocycles. The third-order valence-electron chi connectivity index (χ3n) is 3.02. The summed E-state index contributed by atoms with van der Waals surface area (Å²) in [7, 11) is -3.86. The Hall–Kier alpha value is -1.28. The van der Waals surface area contributed by atoms with E-state index in [1.807, 2.05) is 13.0 Å². The van der Waals surface area contributed by atoms with Crippen molar-refractivity contribution >= 4 is 59.9 Å². The molecule has 3 N–H and O–H groups in total. The van der Waals surface area contributed by atoms with Crippen molar-refractivity contribution in [2.45, 2.75) is 6.92 Å².